The first-order valence-corrected chi connectivity index (χ1v) is 8.41. The highest BCUT2D eigenvalue weighted by atomic mass is 16.4. The quantitative estimate of drug-likeness (QED) is 0.714. The van der Waals surface area contributed by atoms with E-state index in [1.54, 1.807) is 24.3 Å². The van der Waals surface area contributed by atoms with E-state index in [9.17, 15) is 14.4 Å². The fraction of sp³-hybridized carbons (Fsp3) is 0.500. The zero-order valence-corrected chi connectivity index (χ0v) is 13.7. The summed E-state index contributed by atoms with van der Waals surface area (Å²) in [5.41, 5.74) is 0.998. The lowest BCUT2D eigenvalue weighted by Gasteiger charge is -2.20. The number of carboxylic acid groups (broad SMARTS) is 1. The van der Waals surface area contributed by atoms with Gasteiger partial charge >= 0.3 is 5.97 Å². The number of carbonyl (C=O) groups is 3. The van der Waals surface area contributed by atoms with E-state index in [0.717, 1.165) is 12.8 Å². The maximum absolute atomic E-state index is 12.0. The molecule has 130 valence electrons. The average molecular weight is 332 g/mol. The first-order chi connectivity index (χ1) is 11.5. The van der Waals surface area contributed by atoms with Crippen molar-refractivity contribution in [3.8, 4) is 0 Å². The molecular formula is C18H24N2O4. The van der Waals surface area contributed by atoms with Gasteiger partial charge in [0.15, 0.2) is 0 Å². The van der Waals surface area contributed by atoms with Crippen LogP contribution in [0.4, 0.5) is 5.69 Å². The Morgan fingerprint density at radius 2 is 1.75 bits per heavy atom. The number of amides is 2. The van der Waals surface area contributed by atoms with Crippen LogP contribution in [0.15, 0.2) is 24.3 Å². The predicted octanol–water partition coefficient (Wildman–Crippen LogP) is 2.34. The smallest absolute Gasteiger partial charge is 0.307 e. The molecule has 0 unspecified atom stereocenters. The molecule has 1 aliphatic rings. The van der Waals surface area contributed by atoms with Gasteiger partial charge in [0.25, 0.3) is 0 Å². The molecule has 1 aromatic rings. The van der Waals surface area contributed by atoms with Gasteiger partial charge < -0.3 is 15.7 Å². The minimum Gasteiger partial charge on any atom is -0.481 e. The number of hydrogen-bond acceptors (Lipinski definition) is 3. The molecule has 1 aliphatic carbocycles. The van der Waals surface area contributed by atoms with Gasteiger partial charge in [-0.15, -0.1) is 0 Å². The van der Waals surface area contributed by atoms with Crippen LogP contribution in [-0.4, -0.2) is 29.4 Å². The van der Waals surface area contributed by atoms with Crippen LogP contribution >= 0.6 is 0 Å². The van der Waals surface area contributed by atoms with Crippen molar-refractivity contribution >= 4 is 23.5 Å². The maximum Gasteiger partial charge on any atom is 0.307 e. The Bertz CT molecular complexity index is 594. The van der Waals surface area contributed by atoms with E-state index in [4.69, 9.17) is 5.11 Å². The van der Waals surface area contributed by atoms with Crippen LogP contribution in [0.2, 0.25) is 0 Å². The molecule has 1 saturated carbocycles. The van der Waals surface area contributed by atoms with E-state index in [1.165, 1.54) is 19.3 Å². The number of anilines is 1. The second-order valence-corrected chi connectivity index (χ2v) is 6.26. The van der Waals surface area contributed by atoms with E-state index in [0.29, 0.717) is 23.6 Å². The molecule has 0 spiro atoms. The maximum atomic E-state index is 12.0. The van der Waals surface area contributed by atoms with Crippen molar-refractivity contribution in [2.45, 2.75) is 44.9 Å². The molecule has 0 aliphatic heterocycles. The van der Waals surface area contributed by atoms with Crippen molar-refractivity contribution in [2.75, 3.05) is 11.9 Å². The molecule has 0 radical (unpaired) electrons. The molecule has 2 amide bonds. The van der Waals surface area contributed by atoms with Crippen LogP contribution in [0.25, 0.3) is 0 Å². The van der Waals surface area contributed by atoms with Crippen LogP contribution < -0.4 is 10.6 Å². The minimum absolute atomic E-state index is 0.101. The van der Waals surface area contributed by atoms with Gasteiger partial charge in [-0.3, -0.25) is 14.4 Å². The third-order valence-electron chi connectivity index (χ3n) is 4.28. The topological polar surface area (TPSA) is 95.5 Å². The number of benzene rings is 1. The Morgan fingerprint density at radius 3 is 2.46 bits per heavy atom. The number of rotatable bonds is 7. The Labute approximate surface area is 141 Å². The van der Waals surface area contributed by atoms with Crippen LogP contribution in [0.1, 0.15) is 44.1 Å². The van der Waals surface area contributed by atoms with Gasteiger partial charge in [0.1, 0.15) is 0 Å². The van der Waals surface area contributed by atoms with Crippen molar-refractivity contribution < 1.29 is 19.5 Å². The zero-order chi connectivity index (χ0) is 17.4. The van der Waals surface area contributed by atoms with Crippen LogP contribution in [0.3, 0.4) is 0 Å². The molecule has 6 heteroatoms. The summed E-state index contributed by atoms with van der Waals surface area (Å²) in [6, 6.07) is 6.76. The third-order valence-corrected chi connectivity index (χ3v) is 4.28. The molecule has 0 aromatic heterocycles. The van der Waals surface area contributed by atoms with Crippen LogP contribution in [0, 0.1) is 5.92 Å². The van der Waals surface area contributed by atoms with Gasteiger partial charge in [0.05, 0.1) is 13.0 Å². The highest BCUT2D eigenvalue weighted by Gasteiger charge is 2.17. The summed E-state index contributed by atoms with van der Waals surface area (Å²) >= 11 is 0. The fourth-order valence-corrected chi connectivity index (χ4v) is 3.06. The summed E-state index contributed by atoms with van der Waals surface area (Å²) in [4.78, 5) is 34.7. The van der Waals surface area contributed by atoms with Gasteiger partial charge in [-0.05, 0) is 30.4 Å². The normalized spacial score (nSPS) is 14.8. The highest BCUT2D eigenvalue weighted by molar-refractivity contribution is 5.95. The van der Waals surface area contributed by atoms with Crippen LogP contribution in [-0.2, 0) is 20.8 Å². The second kappa shape index (κ2) is 9.05. The summed E-state index contributed by atoms with van der Waals surface area (Å²) in [7, 11) is 0. The SMILES string of the molecule is O=C(O)Cc1ccccc1NC(=O)CNC(=O)CC1CCCCC1. The summed E-state index contributed by atoms with van der Waals surface area (Å²) in [6.45, 7) is -0.104. The van der Waals surface area contributed by atoms with E-state index >= 15 is 0 Å². The molecule has 3 N–H and O–H groups in total. The molecule has 0 atom stereocenters. The fourth-order valence-electron chi connectivity index (χ4n) is 3.06. The Balaban J connectivity index is 1.78. The number of carboxylic acids is 1. The molecule has 6 nitrogen and oxygen atoms in total. The lowest BCUT2D eigenvalue weighted by atomic mass is 9.87. The first kappa shape index (κ1) is 18.0. The van der Waals surface area contributed by atoms with Gasteiger partial charge in [-0.1, -0.05) is 37.5 Å². The lowest BCUT2D eigenvalue weighted by Crippen LogP contribution is -2.34. The molecule has 0 heterocycles. The van der Waals surface area contributed by atoms with Crippen molar-refractivity contribution in [3.05, 3.63) is 29.8 Å². The molecule has 0 bridgehead atoms. The number of aliphatic carboxylic acids is 1. The van der Waals surface area contributed by atoms with Crippen molar-refractivity contribution in [2.24, 2.45) is 5.92 Å². The summed E-state index contributed by atoms with van der Waals surface area (Å²) < 4.78 is 0. The summed E-state index contributed by atoms with van der Waals surface area (Å²) in [5, 5.41) is 14.2. The van der Waals surface area contributed by atoms with Gasteiger partial charge in [-0.2, -0.15) is 0 Å². The van der Waals surface area contributed by atoms with Crippen LogP contribution in [0.5, 0.6) is 0 Å². The van der Waals surface area contributed by atoms with E-state index < -0.39 is 5.97 Å². The lowest BCUT2D eigenvalue weighted by molar-refractivity contribution is -0.136. The zero-order valence-electron chi connectivity index (χ0n) is 13.7. The standard InChI is InChI=1S/C18H24N2O4/c21-16(10-13-6-2-1-3-7-13)19-12-17(22)20-15-9-5-4-8-14(15)11-18(23)24/h4-5,8-9,13H,1-3,6-7,10-12H2,(H,19,21)(H,20,22)(H,23,24). The van der Waals surface area contributed by atoms with E-state index in [2.05, 4.69) is 10.6 Å². The van der Waals surface area contributed by atoms with Crippen molar-refractivity contribution in [1.82, 2.24) is 5.32 Å². The average Bonchev–Trinajstić information content (AvgIpc) is 2.55. The van der Waals surface area contributed by atoms with Gasteiger partial charge in [-0.25, -0.2) is 0 Å². The largest absolute Gasteiger partial charge is 0.481 e. The Morgan fingerprint density at radius 1 is 1.04 bits per heavy atom. The van der Waals surface area contributed by atoms with Gasteiger partial charge in [0.2, 0.25) is 11.8 Å². The first-order valence-electron chi connectivity index (χ1n) is 8.41. The summed E-state index contributed by atoms with van der Waals surface area (Å²) in [6.07, 6.45) is 6.09. The predicted molar refractivity (Wildman–Crippen MR) is 90.6 cm³/mol. The highest BCUT2D eigenvalue weighted by Crippen LogP contribution is 2.26. The van der Waals surface area contributed by atoms with E-state index in [1.807, 2.05) is 0 Å². The number of nitrogens with one attached hydrogen (secondary N) is 2. The number of para-hydroxylation sites is 1. The van der Waals surface area contributed by atoms with Crippen molar-refractivity contribution in [3.63, 3.8) is 0 Å². The second-order valence-electron chi connectivity index (χ2n) is 6.26. The Kier molecular flexibility index (Phi) is 6.78. The van der Waals surface area contributed by atoms with Gasteiger partial charge in [0, 0.05) is 12.1 Å². The number of carbonyl (C=O) groups excluding carboxylic acids is 2. The minimum atomic E-state index is -0.961. The van der Waals surface area contributed by atoms with Crippen molar-refractivity contribution in [1.29, 1.82) is 0 Å². The summed E-state index contributed by atoms with van der Waals surface area (Å²) in [5.74, 6) is -0.990. The van der Waals surface area contributed by atoms with E-state index in [-0.39, 0.29) is 24.8 Å². The molecule has 1 fully saturated rings. The molecule has 0 saturated heterocycles. The Hall–Kier alpha value is -2.37. The number of hydrogen-bond donors (Lipinski definition) is 3. The molecule has 24 heavy (non-hydrogen) atoms. The molecular weight excluding hydrogens is 308 g/mol. The molecule has 2 rings (SSSR count). The molecule has 1 aromatic carbocycles. The third kappa shape index (κ3) is 6.02. The monoisotopic (exact) mass is 332 g/mol.